The zero-order valence-electron chi connectivity index (χ0n) is 14.7. The highest BCUT2D eigenvalue weighted by Crippen LogP contribution is 2.21. The molecule has 2 aromatic heterocycles. The van der Waals surface area contributed by atoms with E-state index in [1.165, 1.54) is 22.2 Å². The van der Waals surface area contributed by atoms with E-state index in [9.17, 15) is 4.79 Å². The molecule has 0 fully saturated rings. The van der Waals surface area contributed by atoms with Crippen molar-refractivity contribution >= 4 is 45.6 Å². The van der Waals surface area contributed by atoms with Crippen LogP contribution < -0.4 is 5.32 Å². The number of benzene rings is 1. The number of amides is 1. The highest BCUT2D eigenvalue weighted by molar-refractivity contribution is 7.14. The highest BCUT2D eigenvalue weighted by atomic mass is 32.1. The first kappa shape index (κ1) is 17.2. The van der Waals surface area contributed by atoms with Gasteiger partial charge in [0.2, 0.25) is 0 Å². The summed E-state index contributed by atoms with van der Waals surface area (Å²) in [5.41, 5.74) is 2.58. The molecule has 3 aromatic rings. The van der Waals surface area contributed by atoms with Gasteiger partial charge in [-0.3, -0.25) is 5.32 Å². The lowest BCUT2D eigenvalue weighted by molar-refractivity contribution is 0.0636. The van der Waals surface area contributed by atoms with Gasteiger partial charge < -0.3 is 9.30 Å². The van der Waals surface area contributed by atoms with Gasteiger partial charge in [0.25, 0.3) is 0 Å². The van der Waals surface area contributed by atoms with Crippen LogP contribution in [0.1, 0.15) is 32.0 Å². The number of carbonyl (C=O) groups is 1. The van der Waals surface area contributed by atoms with Gasteiger partial charge in [-0.25, -0.2) is 9.78 Å². The van der Waals surface area contributed by atoms with E-state index in [0.29, 0.717) is 5.13 Å². The zero-order valence-corrected chi connectivity index (χ0v) is 15.6. The SMILES string of the molecule is Cn1ccc2cc(C=Cc3csc(NC(=O)OC(C)(C)C)n3)ccc21. The molecule has 0 bridgehead atoms. The summed E-state index contributed by atoms with van der Waals surface area (Å²) >= 11 is 1.37. The number of aromatic nitrogens is 2. The van der Waals surface area contributed by atoms with E-state index in [0.717, 1.165) is 11.3 Å². The van der Waals surface area contributed by atoms with Gasteiger partial charge in [-0.1, -0.05) is 12.1 Å². The monoisotopic (exact) mass is 355 g/mol. The van der Waals surface area contributed by atoms with Crippen molar-refractivity contribution in [2.45, 2.75) is 26.4 Å². The molecule has 0 saturated heterocycles. The van der Waals surface area contributed by atoms with Crippen molar-refractivity contribution in [2.24, 2.45) is 7.05 Å². The maximum Gasteiger partial charge on any atom is 0.413 e. The Balaban J connectivity index is 1.67. The topological polar surface area (TPSA) is 56.2 Å². The van der Waals surface area contributed by atoms with E-state index in [4.69, 9.17) is 4.74 Å². The number of rotatable bonds is 3. The fourth-order valence-electron chi connectivity index (χ4n) is 2.40. The van der Waals surface area contributed by atoms with Crippen LogP contribution in [0.2, 0.25) is 0 Å². The zero-order chi connectivity index (χ0) is 18.0. The van der Waals surface area contributed by atoms with Gasteiger partial charge in [0.15, 0.2) is 5.13 Å². The Morgan fingerprint density at radius 1 is 1.28 bits per heavy atom. The molecule has 0 aliphatic heterocycles. The van der Waals surface area contributed by atoms with Gasteiger partial charge in [0.1, 0.15) is 5.60 Å². The van der Waals surface area contributed by atoms with Crippen molar-refractivity contribution in [3.05, 3.63) is 47.1 Å². The average Bonchev–Trinajstić information content (AvgIpc) is 3.10. The van der Waals surface area contributed by atoms with Gasteiger partial charge in [-0.05, 0) is 50.6 Å². The quantitative estimate of drug-likeness (QED) is 0.707. The second kappa shape index (κ2) is 6.72. The molecule has 3 rings (SSSR count). The Morgan fingerprint density at radius 2 is 2.08 bits per heavy atom. The summed E-state index contributed by atoms with van der Waals surface area (Å²) < 4.78 is 7.31. The summed E-state index contributed by atoms with van der Waals surface area (Å²) in [6, 6.07) is 8.41. The molecule has 0 unspecified atom stereocenters. The van der Waals surface area contributed by atoms with E-state index < -0.39 is 11.7 Å². The summed E-state index contributed by atoms with van der Waals surface area (Å²) in [5, 5.41) is 6.27. The Bertz CT molecular complexity index is 932. The van der Waals surface area contributed by atoms with Crippen molar-refractivity contribution in [3.8, 4) is 0 Å². The molecule has 5 nitrogen and oxygen atoms in total. The van der Waals surface area contributed by atoms with Crippen LogP contribution in [0, 0.1) is 0 Å². The molecule has 6 heteroatoms. The molecule has 1 amide bonds. The Labute approximate surface area is 151 Å². The van der Waals surface area contributed by atoms with Crippen LogP contribution in [0.3, 0.4) is 0 Å². The molecule has 0 aliphatic rings. The number of aryl methyl sites for hydroxylation is 1. The molecule has 0 saturated carbocycles. The highest BCUT2D eigenvalue weighted by Gasteiger charge is 2.17. The van der Waals surface area contributed by atoms with E-state index in [1.54, 1.807) is 0 Å². The standard InChI is InChI=1S/C19H21N3O2S/c1-19(2,3)24-18(23)21-17-20-15(12-25-17)7-5-13-6-8-16-14(11-13)9-10-22(16)4/h5-12H,1-4H3,(H,20,21,23). The average molecular weight is 355 g/mol. The Morgan fingerprint density at radius 3 is 2.84 bits per heavy atom. The summed E-state index contributed by atoms with van der Waals surface area (Å²) in [6.45, 7) is 5.48. The van der Waals surface area contributed by atoms with Gasteiger partial charge >= 0.3 is 6.09 Å². The molecule has 0 atom stereocenters. The summed E-state index contributed by atoms with van der Waals surface area (Å²) in [7, 11) is 2.03. The third-order valence-corrected chi connectivity index (χ3v) is 4.26. The molecule has 2 heterocycles. The lowest BCUT2D eigenvalue weighted by Gasteiger charge is -2.18. The second-order valence-corrected chi connectivity index (χ2v) is 7.64. The summed E-state index contributed by atoms with van der Waals surface area (Å²) in [4.78, 5) is 16.1. The lowest BCUT2D eigenvalue weighted by Crippen LogP contribution is -2.27. The summed E-state index contributed by atoms with van der Waals surface area (Å²) in [5.74, 6) is 0. The van der Waals surface area contributed by atoms with E-state index in [2.05, 4.69) is 39.1 Å². The molecular formula is C19H21N3O2S. The Kier molecular flexibility index (Phi) is 4.63. The van der Waals surface area contributed by atoms with E-state index in [1.807, 2.05) is 51.5 Å². The fourth-order valence-corrected chi connectivity index (χ4v) is 3.06. The van der Waals surface area contributed by atoms with Gasteiger partial charge in [-0.2, -0.15) is 0 Å². The number of thiazole rings is 1. The smallest absolute Gasteiger partial charge is 0.413 e. The maximum atomic E-state index is 11.8. The Hall–Kier alpha value is -2.60. The van der Waals surface area contributed by atoms with Crippen LogP contribution >= 0.6 is 11.3 Å². The van der Waals surface area contributed by atoms with Crippen LogP contribution in [-0.2, 0) is 11.8 Å². The van der Waals surface area contributed by atoms with Crippen LogP contribution in [0.5, 0.6) is 0 Å². The maximum absolute atomic E-state index is 11.8. The van der Waals surface area contributed by atoms with Gasteiger partial charge in [-0.15, -0.1) is 11.3 Å². The first-order chi connectivity index (χ1) is 11.8. The molecule has 0 spiro atoms. The van der Waals surface area contributed by atoms with Crippen molar-refractivity contribution in [2.75, 3.05) is 5.32 Å². The van der Waals surface area contributed by atoms with Gasteiger partial charge in [0.05, 0.1) is 5.69 Å². The molecule has 0 aliphatic carbocycles. The van der Waals surface area contributed by atoms with Crippen molar-refractivity contribution < 1.29 is 9.53 Å². The molecule has 1 N–H and O–H groups in total. The largest absolute Gasteiger partial charge is 0.444 e. The molecule has 25 heavy (non-hydrogen) atoms. The van der Waals surface area contributed by atoms with E-state index >= 15 is 0 Å². The van der Waals surface area contributed by atoms with Crippen LogP contribution in [0.4, 0.5) is 9.93 Å². The van der Waals surface area contributed by atoms with Crippen molar-refractivity contribution in [1.82, 2.24) is 9.55 Å². The molecular weight excluding hydrogens is 334 g/mol. The first-order valence-electron chi connectivity index (χ1n) is 7.99. The number of nitrogens with zero attached hydrogens (tertiary/aromatic N) is 2. The third kappa shape index (κ3) is 4.48. The number of hydrogen-bond acceptors (Lipinski definition) is 4. The molecule has 1 aromatic carbocycles. The minimum atomic E-state index is -0.528. The number of carbonyl (C=O) groups excluding carboxylic acids is 1. The number of nitrogens with one attached hydrogen (secondary N) is 1. The predicted molar refractivity (Wildman–Crippen MR) is 104 cm³/mol. The number of anilines is 1. The number of hydrogen-bond donors (Lipinski definition) is 1. The normalized spacial score (nSPS) is 12.0. The predicted octanol–water partition coefficient (Wildman–Crippen LogP) is 5.15. The van der Waals surface area contributed by atoms with Gasteiger partial charge in [0, 0.05) is 29.5 Å². The number of fused-ring (bicyclic) bond motifs is 1. The minimum absolute atomic E-state index is 0.494. The van der Waals surface area contributed by atoms with E-state index in [-0.39, 0.29) is 0 Å². The van der Waals surface area contributed by atoms with Crippen LogP contribution in [0.15, 0.2) is 35.8 Å². The minimum Gasteiger partial charge on any atom is -0.444 e. The molecule has 130 valence electrons. The second-order valence-electron chi connectivity index (χ2n) is 6.78. The lowest BCUT2D eigenvalue weighted by atomic mass is 10.1. The third-order valence-electron chi connectivity index (χ3n) is 3.49. The molecule has 0 radical (unpaired) electrons. The van der Waals surface area contributed by atoms with Crippen molar-refractivity contribution in [3.63, 3.8) is 0 Å². The number of ether oxygens (including phenoxy) is 1. The summed E-state index contributed by atoms with van der Waals surface area (Å²) in [6.07, 6.45) is 5.50. The van der Waals surface area contributed by atoms with Crippen LogP contribution in [-0.4, -0.2) is 21.2 Å². The van der Waals surface area contributed by atoms with Crippen LogP contribution in [0.25, 0.3) is 23.1 Å². The first-order valence-corrected chi connectivity index (χ1v) is 8.87. The van der Waals surface area contributed by atoms with Crippen molar-refractivity contribution in [1.29, 1.82) is 0 Å². The fraction of sp³-hybridized carbons (Fsp3) is 0.263.